The van der Waals surface area contributed by atoms with E-state index < -0.39 is 65.0 Å². The van der Waals surface area contributed by atoms with Crippen molar-refractivity contribution in [2.24, 2.45) is 0 Å². The first-order valence-electron chi connectivity index (χ1n) is 7.07. The molecule has 1 N–H and O–H groups in total. The van der Waals surface area contributed by atoms with E-state index in [-0.39, 0.29) is 6.07 Å². The molecule has 0 saturated carbocycles. The Hall–Kier alpha value is -2.87. The van der Waals surface area contributed by atoms with Gasteiger partial charge in [0.2, 0.25) is 0 Å². The van der Waals surface area contributed by atoms with Crippen LogP contribution in [0.15, 0.2) is 18.5 Å². The van der Waals surface area contributed by atoms with Crippen molar-refractivity contribution < 1.29 is 53.1 Å². The van der Waals surface area contributed by atoms with Gasteiger partial charge in [0.05, 0.1) is 18.4 Å². The molecule has 0 spiro atoms. The van der Waals surface area contributed by atoms with E-state index in [0.29, 0.717) is 17.1 Å². The van der Waals surface area contributed by atoms with E-state index in [4.69, 9.17) is 0 Å². The quantitative estimate of drug-likeness (QED) is 0.429. The Labute approximate surface area is 152 Å². The second-order valence-electron chi connectivity index (χ2n) is 5.47. The maximum Gasteiger partial charge on any atom is 0.460 e. The number of alkyl halides is 7. The van der Waals surface area contributed by atoms with Crippen LogP contribution in [-0.2, 0) is 11.3 Å². The number of benzene rings is 1. The molecule has 15 heteroatoms. The molecule has 2 rings (SSSR count). The third-order valence-electron chi connectivity index (χ3n) is 3.46. The van der Waals surface area contributed by atoms with Crippen molar-refractivity contribution in [3.05, 3.63) is 47.3 Å². The van der Waals surface area contributed by atoms with Crippen LogP contribution < -0.4 is 5.32 Å². The van der Waals surface area contributed by atoms with Crippen LogP contribution in [0.4, 0.5) is 54.0 Å². The smallest absolute Gasteiger partial charge is 0.318 e. The summed E-state index contributed by atoms with van der Waals surface area (Å²) in [4.78, 5) is 11.2. The lowest BCUT2D eigenvalue weighted by atomic mass is 10.1. The fraction of sp³-hybridized carbons (Fsp3) is 0.286. The molecular weight excluding hydrogens is 435 g/mol. The molecule has 1 aromatic carbocycles. The first kappa shape index (κ1) is 22.4. The summed E-state index contributed by atoms with van der Waals surface area (Å²) in [6, 6.07) is -0.000291. The third-order valence-corrected chi connectivity index (χ3v) is 3.46. The Morgan fingerprint density at radius 1 is 0.966 bits per heavy atom. The van der Waals surface area contributed by atoms with Gasteiger partial charge in [0, 0.05) is 17.8 Å². The van der Waals surface area contributed by atoms with Crippen LogP contribution in [0.25, 0.3) is 0 Å². The van der Waals surface area contributed by atoms with Crippen molar-refractivity contribution in [3.63, 3.8) is 0 Å². The number of carbonyl (C=O) groups is 1. The molecule has 0 atom stereocenters. The van der Waals surface area contributed by atoms with Crippen molar-refractivity contribution in [3.8, 4) is 0 Å². The van der Waals surface area contributed by atoms with Gasteiger partial charge in [0.25, 0.3) is 0 Å². The van der Waals surface area contributed by atoms with Crippen molar-refractivity contribution >= 4 is 11.6 Å². The number of rotatable bonds is 5. The van der Waals surface area contributed by atoms with Crippen LogP contribution in [0.5, 0.6) is 0 Å². The van der Waals surface area contributed by atoms with E-state index in [2.05, 4.69) is 5.10 Å². The second kappa shape index (κ2) is 7.18. The molecule has 1 heterocycles. The predicted molar refractivity (Wildman–Crippen MR) is 72.2 cm³/mol. The molecule has 0 aliphatic heterocycles. The SMILES string of the molecule is O=C(Nc1cnn(Cc2c(F)cc(F)c(F)c2F)c1)C(F)(F)C(F)(F)C(F)(F)F. The standard InChI is InChI=1S/C14H6F11N3O/c15-7-1-8(16)10(18)9(17)6(7)4-28-3-5(2-26-28)27-11(29)12(19,20)13(21,22)14(23,24)25/h1-3H,4H2,(H,27,29). The van der Waals surface area contributed by atoms with Gasteiger partial charge in [-0.1, -0.05) is 0 Å². The summed E-state index contributed by atoms with van der Waals surface area (Å²) >= 11 is 0. The highest BCUT2D eigenvalue weighted by Crippen LogP contribution is 2.46. The highest BCUT2D eigenvalue weighted by atomic mass is 19.4. The molecule has 4 nitrogen and oxygen atoms in total. The fourth-order valence-electron chi connectivity index (χ4n) is 1.96. The van der Waals surface area contributed by atoms with Crippen LogP contribution >= 0.6 is 0 Å². The number of aromatic nitrogens is 2. The molecule has 0 aliphatic carbocycles. The minimum absolute atomic E-state index is 0.000291. The highest BCUT2D eigenvalue weighted by Gasteiger charge is 2.76. The lowest BCUT2D eigenvalue weighted by Gasteiger charge is -2.26. The molecule has 29 heavy (non-hydrogen) atoms. The van der Waals surface area contributed by atoms with E-state index in [9.17, 15) is 53.1 Å². The van der Waals surface area contributed by atoms with Crippen molar-refractivity contribution in [2.75, 3.05) is 5.32 Å². The number of halogens is 11. The predicted octanol–water partition coefficient (Wildman–Crippen LogP) is 4.26. The number of nitrogens with one attached hydrogen (secondary N) is 1. The second-order valence-corrected chi connectivity index (χ2v) is 5.47. The normalized spacial score (nSPS) is 12.9. The molecular formula is C14H6F11N3O. The molecule has 0 fully saturated rings. The van der Waals surface area contributed by atoms with Crippen molar-refractivity contribution in [2.45, 2.75) is 24.6 Å². The Morgan fingerprint density at radius 2 is 1.55 bits per heavy atom. The maximum atomic E-state index is 13.6. The summed E-state index contributed by atoms with van der Waals surface area (Å²) in [6.07, 6.45) is -5.75. The minimum atomic E-state index is -6.74. The number of amides is 1. The van der Waals surface area contributed by atoms with E-state index >= 15 is 0 Å². The summed E-state index contributed by atoms with van der Waals surface area (Å²) < 4.78 is 142. The average molecular weight is 441 g/mol. The molecule has 0 saturated heterocycles. The molecule has 0 bridgehead atoms. The van der Waals surface area contributed by atoms with Gasteiger partial charge in [-0.3, -0.25) is 9.48 Å². The summed E-state index contributed by atoms with van der Waals surface area (Å²) in [5.74, 6) is -23.3. The van der Waals surface area contributed by atoms with Gasteiger partial charge in [-0.05, 0) is 0 Å². The summed E-state index contributed by atoms with van der Waals surface area (Å²) in [6.45, 7) is -0.972. The first-order chi connectivity index (χ1) is 13.1. The zero-order valence-corrected chi connectivity index (χ0v) is 13.4. The molecule has 1 aromatic heterocycles. The zero-order valence-electron chi connectivity index (χ0n) is 13.4. The number of hydrogen-bond acceptors (Lipinski definition) is 2. The van der Waals surface area contributed by atoms with Gasteiger partial charge in [0.1, 0.15) is 5.82 Å². The molecule has 0 unspecified atom stereocenters. The van der Waals surface area contributed by atoms with Gasteiger partial charge < -0.3 is 5.32 Å². The van der Waals surface area contributed by atoms with Gasteiger partial charge in [-0.15, -0.1) is 0 Å². The number of hydrogen-bond donors (Lipinski definition) is 1. The lowest BCUT2D eigenvalue weighted by molar-refractivity contribution is -0.343. The molecule has 160 valence electrons. The van der Waals surface area contributed by atoms with Gasteiger partial charge in [-0.25, -0.2) is 17.6 Å². The van der Waals surface area contributed by atoms with Crippen LogP contribution in [-0.4, -0.2) is 33.7 Å². The first-order valence-corrected chi connectivity index (χ1v) is 7.07. The van der Waals surface area contributed by atoms with Gasteiger partial charge >= 0.3 is 23.9 Å². The number of nitrogens with zero attached hydrogens (tertiary/aromatic N) is 2. The third kappa shape index (κ3) is 3.98. The van der Waals surface area contributed by atoms with Crippen molar-refractivity contribution in [1.29, 1.82) is 0 Å². The largest absolute Gasteiger partial charge is 0.460 e. The molecule has 0 radical (unpaired) electrons. The number of anilines is 1. The van der Waals surface area contributed by atoms with E-state index in [1.807, 2.05) is 0 Å². The van der Waals surface area contributed by atoms with Crippen LogP contribution in [0.1, 0.15) is 5.56 Å². The van der Waals surface area contributed by atoms with Crippen LogP contribution in [0.2, 0.25) is 0 Å². The van der Waals surface area contributed by atoms with Crippen LogP contribution in [0, 0.1) is 23.3 Å². The topological polar surface area (TPSA) is 46.9 Å². The molecule has 2 aromatic rings. The van der Waals surface area contributed by atoms with Crippen LogP contribution in [0.3, 0.4) is 0 Å². The van der Waals surface area contributed by atoms with E-state index in [0.717, 1.165) is 5.32 Å². The molecule has 1 amide bonds. The highest BCUT2D eigenvalue weighted by molar-refractivity contribution is 5.96. The number of carbonyl (C=O) groups excluding carboxylic acids is 1. The van der Waals surface area contributed by atoms with E-state index in [1.54, 1.807) is 0 Å². The maximum absolute atomic E-state index is 13.6. The zero-order chi connectivity index (χ0) is 22.4. The molecule has 0 aliphatic rings. The summed E-state index contributed by atoms with van der Waals surface area (Å²) in [5, 5.41) is 4.33. The Morgan fingerprint density at radius 3 is 2.10 bits per heavy atom. The minimum Gasteiger partial charge on any atom is -0.318 e. The van der Waals surface area contributed by atoms with Gasteiger partial charge in [-0.2, -0.15) is 35.8 Å². The van der Waals surface area contributed by atoms with E-state index in [1.165, 1.54) is 0 Å². The Kier molecular flexibility index (Phi) is 5.55. The Balaban J connectivity index is 2.22. The summed E-state index contributed by atoms with van der Waals surface area (Å²) in [5.41, 5.74) is -1.92. The lowest BCUT2D eigenvalue weighted by Crippen LogP contribution is -2.57. The summed E-state index contributed by atoms with van der Waals surface area (Å²) in [7, 11) is 0. The van der Waals surface area contributed by atoms with Crippen molar-refractivity contribution in [1.82, 2.24) is 9.78 Å². The monoisotopic (exact) mass is 441 g/mol. The Bertz CT molecular complexity index is 936. The average Bonchev–Trinajstić information content (AvgIpc) is 3.02. The van der Waals surface area contributed by atoms with Gasteiger partial charge in [0.15, 0.2) is 17.5 Å². The fourth-order valence-corrected chi connectivity index (χ4v) is 1.96.